The summed E-state index contributed by atoms with van der Waals surface area (Å²) in [5.74, 6) is 0. The van der Waals surface area contributed by atoms with E-state index in [-0.39, 0.29) is 10.6 Å². The Labute approximate surface area is 112 Å². The molecule has 1 heterocycles. The molecule has 1 N–H and O–H groups in total. The average molecular weight is 308 g/mol. The molecular weight excluding hydrogens is 298 g/mol. The molecule has 0 atom stereocenters. The highest BCUT2D eigenvalue weighted by Gasteiger charge is 2.11. The van der Waals surface area contributed by atoms with Crippen LogP contribution >= 0.6 is 15.9 Å². The first kappa shape index (κ1) is 12.5. The molecule has 2 aromatic rings. The fourth-order valence-corrected chi connectivity index (χ4v) is 1.75. The van der Waals surface area contributed by atoms with E-state index in [4.69, 9.17) is 0 Å². The van der Waals surface area contributed by atoms with Crippen molar-refractivity contribution < 1.29 is 4.92 Å². The number of nitrogens with one attached hydrogen (secondary N) is 1. The number of nitro benzene ring substituents is 1. The second-order valence-corrected chi connectivity index (χ2v) is 4.42. The standard InChI is InChI=1S/C12H10BrN3O2/c13-12-6-5-10(8-15-12)14-7-9-3-1-2-4-11(9)16(17)18/h1-6,8,14H,7H2. The normalized spacial score (nSPS) is 10.1. The number of anilines is 1. The predicted molar refractivity (Wildman–Crippen MR) is 72.4 cm³/mol. The van der Waals surface area contributed by atoms with Crippen LogP contribution in [0.4, 0.5) is 11.4 Å². The van der Waals surface area contributed by atoms with Crippen LogP contribution in [0.1, 0.15) is 5.56 Å². The first-order valence-electron chi connectivity index (χ1n) is 5.24. The van der Waals surface area contributed by atoms with Crippen LogP contribution in [0, 0.1) is 10.1 Å². The SMILES string of the molecule is O=[N+]([O-])c1ccccc1CNc1ccc(Br)nc1. The molecule has 0 amide bonds. The summed E-state index contributed by atoms with van der Waals surface area (Å²) in [7, 11) is 0. The number of para-hydroxylation sites is 1. The zero-order chi connectivity index (χ0) is 13.0. The van der Waals surface area contributed by atoms with Crippen molar-refractivity contribution in [2.45, 2.75) is 6.54 Å². The second-order valence-electron chi connectivity index (χ2n) is 3.61. The number of nitrogens with zero attached hydrogens (tertiary/aromatic N) is 2. The fourth-order valence-electron chi connectivity index (χ4n) is 1.52. The quantitative estimate of drug-likeness (QED) is 0.534. The molecule has 6 heteroatoms. The van der Waals surface area contributed by atoms with E-state index in [0.717, 1.165) is 10.3 Å². The van der Waals surface area contributed by atoms with Crippen LogP contribution in [-0.4, -0.2) is 9.91 Å². The van der Waals surface area contributed by atoms with E-state index in [2.05, 4.69) is 26.2 Å². The summed E-state index contributed by atoms with van der Waals surface area (Å²) in [6, 6.07) is 10.3. The van der Waals surface area contributed by atoms with E-state index in [9.17, 15) is 10.1 Å². The third-order valence-corrected chi connectivity index (χ3v) is 2.87. The molecule has 0 saturated heterocycles. The Bertz CT molecular complexity index is 558. The van der Waals surface area contributed by atoms with Gasteiger partial charge in [-0.05, 0) is 28.1 Å². The summed E-state index contributed by atoms with van der Waals surface area (Å²) in [6.07, 6.45) is 1.67. The Morgan fingerprint density at radius 1 is 1.28 bits per heavy atom. The minimum atomic E-state index is -0.378. The van der Waals surface area contributed by atoms with Gasteiger partial charge in [-0.2, -0.15) is 0 Å². The van der Waals surface area contributed by atoms with Crippen LogP contribution < -0.4 is 5.32 Å². The Morgan fingerprint density at radius 3 is 2.72 bits per heavy atom. The van der Waals surface area contributed by atoms with Gasteiger partial charge in [0, 0.05) is 18.2 Å². The van der Waals surface area contributed by atoms with Gasteiger partial charge in [-0.25, -0.2) is 4.98 Å². The molecule has 0 aliphatic heterocycles. The summed E-state index contributed by atoms with van der Waals surface area (Å²) < 4.78 is 0.749. The van der Waals surface area contributed by atoms with Gasteiger partial charge in [0.2, 0.25) is 0 Å². The maximum absolute atomic E-state index is 10.8. The van der Waals surface area contributed by atoms with Gasteiger partial charge in [0.1, 0.15) is 4.60 Å². The van der Waals surface area contributed by atoms with Gasteiger partial charge in [0.25, 0.3) is 5.69 Å². The van der Waals surface area contributed by atoms with Gasteiger partial charge in [-0.3, -0.25) is 10.1 Å². The van der Waals surface area contributed by atoms with Crippen LogP contribution in [0.15, 0.2) is 47.2 Å². The first-order chi connectivity index (χ1) is 8.66. The molecule has 2 rings (SSSR count). The van der Waals surface area contributed by atoms with Gasteiger partial charge in [-0.1, -0.05) is 18.2 Å². The highest BCUT2D eigenvalue weighted by molar-refractivity contribution is 9.10. The Hall–Kier alpha value is -1.95. The minimum absolute atomic E-state index is 0.120. The van der Waals surface area contributed by atoms with Crippen molar-refractivity contribution in [1.82, 2.24) is 4.98 Å². The Balaban J connectivity index is 2.10. The number of aromatic nitrogens is 1. The highest BCUT2D eigenvalue weighted by Crippen LogP contribution is 2.19. The van der Waals surface area contributed by atoms with E-state index in [0.29, 0.717) is 12.1 Å². The molecule has 0 bridgehead atoms. The highest BCUT2D eigenvalue weighted by atomic mass is 79.9. The first-order valence-corrected chi connectivity index (χ1v) is 6.04. The van der Waals surface area contributed by atoms with Crippen molar-refractivity contribution in [3.05, 3.63) is 62.9 Å². The molecule has 1 aromatic carbocycles. The lowest BCUT2D eigenvalue weighted by Crippen LogP contribution is -2.03. The molecule has 0 aliphatic carbocycles. The zero-order valence-corrected chi connectivity index (χ0v) is 10.9. The molecule has 1 aromatic heterocycles. The third kappa shape index (κ3) is 3.04. The molecule has 0 aliphatic rings. The van der Waals surface area contributed by atoms with Crippen LogP contribution in [-0.2, 0) is 6.54 Å². The number of nitro groups is 1. The van der Waals surface area contributed by atoms with Crippen molar-refractivity contribution in [2.75, 3.05) is 5.32 Å². The van der Waals surface area contributed by atoms with Crippen molar-refractivity contribution in [1.29, 1.82) is 0 Å². The lowest BCUT2D eigenvalue weighted by Gasteiger charge is -2.06. The van der Waals surface area contributed by atoms with Crippen LogP contribution in [0.3, 0.4) is 0 Å². The predicted octanol–water partition coefficient (Wildman–Crippen LogP) is 3.36. The summed E-state index contributed by atoms with van der Waals surface area (Å²) in [5.41, 5.74) is 1.58. The number of hydrogen-bond donors (Lipinski definition) is 1. The van der Waals surface area contributed by atoms with Crippen LogP contribution in [0.5, 0.6) is 0 Å². The Morgan fingerprint density at radius 2 is 2.06 bits per heavy atom. The summed E-state index contributed by atoms with van der Waals surface area (Å²) in [4.78, 5) is 14.5. The van der Waals surface area contributed by atoms with Crippen molar-refractivity contribution in [3.63, 3.8) is 0 Å². The number of hydrogen-bond acceptors (Lipinski definition) is 4. The van der Waals surface area contributed by atoms with Crippen molar-refractivity contribution in [2.24, 2.45) is 0 Å². The number of rotatable bonds is 4. The van der Waals surface area contributed by atoms with Gasteiger partial charge < -0.3 is 5.32 Å². The average Bonchev–Trinajstić information content (AvgIpc) is 2.38. The van der Waals surface area contributed by atoms with Gasteiger partial charge >= 0.3 is 0 Å². The number of pyridine rings is 1. The lowest BCUT2D eigenvalue weighted by molar-refractivity contribution is -0.385. The van der Waals surface area contributed by atoms with E-state index < -0.39 is 0 Å². The van der Waals surface area contributed by atoms with E-state index in [1.165, 1.54) is 6.07 Å². The van der Waals surface area contributed by atoms with E-state index in [1.54, 1.807) is 24.4 Å². The molecule has 0 spiro atoms. The van der Waals surface area contributed by atoms with E-state index in [1.807, 2.05) is 12.1 Å². The molecule has 0 fully saturated rings. The number of benzene rings is 1. The molecule has 92 valence electrons. The third-order valence-electron chi connectivity index (χ3n) is 2.40. The monoisotopic (exact) mass is 307 g/mol. The molecule has 5 nitrogen and oxygen atoms in total. The maximum Gasteiger partial charge on any atom is 0.274 e. The van der Waals surface area contributed by atoms with Gasteiger partial charge in [-0.15, -0.1) is 0 Å². The zero-order valence-electron chi connectivity index (χ0n) is 9.34. The molecule has 0 radical (unpaired) electrons. The smallest absolute Gasteiger partial charge is 0.274 e. The minimum Gasteiger partial charge on any atom is -0.379 e. The maximum atomic E-state index is 10.8. The summed E-state index contributed by atoms with van der Waals surface area (Å²) in [6.45, 7) is 0.389. The molecule has 18 heavy (non-hydrogen) atoms. The van der Waals surface area contributed by atoms with Crippen LogP contribution in [0.25, 0.3) is 0 Å². The van der Waals surface area contributed by atoms with Gasteiger partial charge in [0.15, 0.2) is 0 Å². The summed E-state index contributed by atoms with van der Waals surface area (Å²) in [5, 5.41) is 13.9. The number of halogens is 1. The topological polar surface area (TPSA) is 68.1 Å². The molecule has 0 saturated carbocycles. The Kier molecular flexibility index (Phi) is 3.88. The molecule has 0 unspecified atom stereocenters. The van der Waals surface area contributed by atoms with E-state index >= 15 is 0 Å². The molecular formula is C12H10BrN3O2. The van der Waals surface area contributed by atoms with Crippen molar-refractivity contribution in [3.8, 4) is 0 Å². The van der Waals surface area contributed by atoms with Crippen molar-refractivity contribution >= 4 is 27.3 Å². The van der Waals surface area contributed by atoms with Crippen LogP contribution in [0.2, 0.25) is 0 Å². The largest absolute Gasteiger partial charge is 0.379 e. The van der Waals surface area contributed by atoms with Gasteiger partial charge in [0.05, 0.1) is 16.8 Å². The fraction of sp³-hybridized carbons (Fsp3) is 0.0833. The lowest BCUT2D eigenvalue weighted by atomic mass is 10.2. The summed E-state index contributed by atoms with van der Waals surface area (Å²) >= 11 is 3.24. The second kappa shape index (κ2) is 5.59.